The lowest BCUT2D eigenvalue weighted by atomic mass is 10.1. The number of unbranched alkanes of at least 4 members (excludes halogenated alkanes) is 1. The molecular weight excluding hydrogens is 274 g/mol. The third-order valence-electron chi connectivity index (χ3n) is 3.20. The molecule has 0 aromatic rings. The van der Waals surface area contributed by atoms with Crippen LogP contribution in [-0.2, 0) is 19.1 Å². The van der Waals surface area contributed by atoms with Crippen LogP contribution < -0.4 is 0 Å². The normalized spacial score (nSPS) is 33.1. The van der Waals surface area contributed by atoms with E-state index in [4.69, 9.17) is 9.47 Å². The maximum absolute atomic E-state index is 11.7. The van der Waals surface area contributed by atoms with E-state index in [-0.39, 0.29) is 23.1 Å². The second-order valence-electron chi connectivity index (χ2n) is 4.60. The number of ether oxygens (including phenoxy) is 2. The molecule has 2 aliphatic rings. The van der Waals surface area contributed by atoms with E-state index in [9.17, 15) is 14.9 Å². The number of carbonyl (C=O) groups excluding carboxylic acids is 1. The van der Waals surface area contributed by atoms with Gasteiger partial charge in [0.1, 0.15) is 12.2 Å². The van der Waals surface area contributed by atoms with Crippen molar-refractivity contribution in [2.75, 3.05) is 13.2 Å². The molecule has 0 aromatic heterocycles. The van der Waals surface area contributed by atoms with E-state index in [1.807, 2.05) is 6.92 Å². The Hall–Kier alpha value is -0.860. The average Bonchev–Trinajstić information content (AvgIpc) is 2.91. The molecule has 2 saturated heterocycles. The molecule has 0 spiro atoms. The number of hydrogen-bond acceptors (Lipinski definition) is 7. The Labute approximate surface area is 115 Å². The molecule has 19 heavy (non-hydrogen) atoms. The third kappa shape index (κ3) is 3.58. The van der Waals surface area contributed by atoms with Crippen LogP contribution >= 0.6 is 11.8 Å². The van der Waals surface area contributed by atoms with Crippen LogP contribution in [0.1, 0.15) is 26.2 Å². The molecule has 2 heterocycles. The SMILES string of the molecule is CCCCC(=O)S[C@H]1COC2C1OC[C@H]2O[N+](=O)[O-]. The summed E-state index contributed by atoms with van der Waals surface area (Å²) < 4.78 is 11.0. The van der Waals surface area contributed by atoms with Crippen LogP contribution in [0.2, 0.25) is 0 Å². The zero-order chi connectivity index (χ0) is 13.8. The van der Waals surface area contributed by atoms with Gasteiger partial charge in [-0.05, 0) is 6.42 Å². The summed E-state index contributed by atoms with van der Waals surface area (Å²) in [6.07, 6.45) is 0.985. The van der Waals surface area contributed by atoms with Gasteiger partial charge in [-0.3, -0.25) is 4.79 Å². The smallest absolute Gasteiger partial charge is 0.294 e. The quantitative estimate of drug-likeness (QED) is 0.536. The Morgan fingerprint density at radius 3 is 2.84 bits per heavy atom. The van der Waals surface area contributed by atoms with Crippen molar-refractivity contribution in [3.8, 4) is 0 Å². The zero-order valence-electron chi connectivity index (χ0n) is 10.6. The van der Waals surface area contributed by atoms with Gasteiger partial charge in [0.2, 0.25) is 0 Å². The van der Waals surface area contributed by atoms with Crippen molar-refractivity contribution in [2.24, 2.45) is 0 Å². The minimum Gasteiger partial charge on any atom is -0.372 e. The van der Waals surface area contributed by atoms with Crippen molar-refractivity contribution in [2.45, 2.75) is 49.7 Å². The first-order valence-electron chi connectivity index (χ1n) is 6.35. The Balaban J connectivity index is 1.83. The van der Waals surface area contributed by atoms with Crippen molar-refractivity contribution in [3.63, 3.8) is 0 Å². The fourth-order valence-electron chi connectivity index (χ4n) is 2.28. The highest BCUT2D eigenvalue weighted by Crippen LogP contribution is 2.35. The monoisotopic (exact) mass is 291 g/mol. The van der Waals surface area contributed by atoms with Crippen molar-refractivity contribution in [3.05, 3.63) is 10.1 Å². The summed E-state index contributed by atoms with van der Waals surface area (Å²) in [6, 6.07) is 0. The van der Waals surface area contributed by atoms with Crippen LogP contribution in [0.15, 0.2) is 0 Å². The molecule has 108 valence electrons. The molecule has 2 unspecified atom stereocenters. The molecule has 7 nitrogen and oxygen atoms in total. The van der Waals surface area contributed by atoms with E-state index >= 15 is 0 Å². The highest BCUT2D eigenvalue weighted by molar-refractivity contribution is 8.14. The van der Waals surface area contributed by atoms with E-state index in [0.717, 1.165) is 12.8 Å². The third-order valence-corrected chi connectivity index (χ3v) is 4.38. The van der Waals surface area contributed by atoms with Gasteiger partial charge in [-0.1, -0.05) is 25.1 Å². The van der Waals surface area contributed by atoms with Crippen LogP contribution in [0, 0.1) is 10.1 Å². The Morgan fingerprint density at radius 2 is 2.16 bits per heavy atom. The topological polar surface area (TPSA) is 87.9 Å². The minimum absolute atomic E-state index is 0.0882. The Morgan fingerprint density at radius 1 is 1.42 bits per heavy atom. The molecule has 2 aliphatic heterocycles. The molecule has 2 rings (SSSR count). The van der Waals surface area contributed by atoms with E-state index in [1.54, 1.807) is 0 Å². The van der Waals surface area contributed by atoms with Crippen LogP contribution in [0.4, 0.5) is 0 Å². The van der Waals surface area contributed by atoms with Crippen LogP contribution in [-0.4, -0.2) is 47.0 Å². The van der Waals surface area contributed by atoms with Gasteiger partial charge in [0.05, 0.1) is 18.5 Å². The van der Waals surface area contributed by atoms with Gasteiger partial charge < -0.3 is 14.3 Å². The molecule has 0 aromatic carbocycles. The molecule has 0 bridgehead atoms. The molecule has 2 fully saturated rings. The second kappa shape index (κ2) is 6.53. The second-order valence-corrected chi connectivity index (χ2v) is 5.89. The van der Waals surface area contributed by atoms with Gasteiger partial charge in [0.25, 0.3) is 5.09 Å². The molecule has 4 atom stereocenters. The summed E-state index contributed by atoms with van der Waals surface area (Å²) in [5.41, 5.74) is 0. The standard InChI is InChI=1S/C11H17NO6S/c1-2-3-4-9(13)19-8-6-17-10-7(18-12(14)15)5-16-11(8)10/h7-8,10-11H,2-6H2,1H3/t7-,8+,10?,11?/m1/s1. The summed E-state index contributed by atoms with van der Waals surface area (Å²) in [6.45, 7) is 2.54. The zero-order valence-corrected chi connectivity index (χ0v) is 11.5. The maximum atomic E-state index is 11.7. The molecule has 0 amide bonds. The number of fused-ring (bicyclic) bond motifs is 1. The molecular formula is C11H17NO6S. The molecule has 0 saturated carbocycles. The number of rotatable bonds is 6. The largest absolute Gasteiger partial charge is 0.372 e. The first kappa shape index (κ1) is 14.5. The summed E-state index contributed by atoms with van der Waals surface area (Å²) >= 11 is 1.23. The van der Waals surface area contributed by atoms with Crippen LogP contribution in [0.3, 0.4) is 0 Å². The van der Waals surface area contributed by atoms with Crippen molar-refractivity contribution in [1.29, 1.82) is 0 Å². The van der Waals surface area contributed by atoms with E-state index < -0.39 is 17.3 Å². The van der Waals surface area contributed by atoms with Crippen molar-refractivity contribution in [1.82, 2.24) is 0 Å². The first-order valence-corrected chi connectivity index (χ1v) is 7.23. The van der Waals surface area contributed by atoms with Crippen molar-refractivity contribution < 1.29 is 24.2 Å². The fraction of sp³-hybridized carbons (Fsp3) is 0.909. The average molecular weight is 291 g/mol. The highest BCUT2D eigenvalue weighted by Gasteiger charge is 2.50. The number of carbonyl (C=O) groups is 1. The lowest BCUT2D eigenvalue weighted by molar-refractivity contribution is -0.769. The summed E-state index contributed by atoms with van der Waals surface area (Å²) in [4.78, 5) is 26.6. The number of hydrogen-bond donors (Lipinski definition) is 0. The van der Waals surface area contributed by atoms with Gasteiger partial charge in [-0.25, -0.2) is 0 Å². The number of thioether (sulfide) groups is 1. The van der Waals surface area contributed by atoms with Gasteiger partial charge in [-0.15, -0.1) is 10.1 Å². The molecule has 0 radical (unpaired) electrons. The van der Waals surface area contributed by atoms with Crippen molar-refractivity contribution >= 4 is 16.9 Å². The van der Waals surface area contributed by atoms with Gasteiger partial charge in [0.15, 0.2) is 11.2 Å². The fourth-order valence-corrected chi connectivity index (χ4v) is 3.39. The predicted molar refractivity (Wildman–Crippen MR) is 67.3 cm³/mol. The molecule has 0 N–H and O–H groups in total. The summed E-state index contributed by atoms with van der Waals surface area (Å²) in [5, 5.41) is 9.54. The maximum Gasteiger partial charge on any atom is 0.294 e. The lowest BCUT2D eigenvalue weighted by Gasteiger charge is -2.14. The van der Waals surface area contributed by atoms with E-state index in [1.165, 1.54) is 11.8 Å². The Kier molecular flexibility index (Phi) is 5.00. The summed E-state index contributed by atoms with van der Waals surface area (Å²) in [5.74, 6) is 0. The van der Waals surface area contributed by atoms with Crippen LogP contribution in [0.5, 0.6) is 0 Å². The highest BCUT2D eigenvalue weighted by atomic mass is 32.2. The Bertz CT molecular complexity index is 352. The summed E-state index contributed by atoms with van der Waals surface area (Å²) in [7, 11) is 0. The molecule has 0 aliphatic carbocycles. The van der Waals surface area contributed by atoms with E-state index in [2.05, 4.69) is 4.84 Å². The lowest BCUT2D eigenvalue weighted by Crippen LogP contribution is -2.33. The molecule has 8 heteroatoms. The minimum atomic E-state index is -0.827. The van der Waals surface area contributed by atoms with Gasteiger partial charge >= 0.3 is 0 Å². The first-order chi connectivity index (χ1) is 9.11. The van der Waals surface area contributed by atoms with Crippen LogP contribution in [0.25, 0.3) is 0 Å². The van der Waals surface area contributed by atoms with Gasteiger partial charge in [-0.2, -0.15) is 0 Å². The predicted octanol–water partition coefficient (Wildman–Crippen LogP) is 1.18. The van der Waals surface area contributed by atoms with Gasteiger partial charge in [0, 0.05) is 6.42 Å². The number of nitrogens with zero attached hydrogens (tertiary/aromatic N) is 1. The van der Waals surface area contributed by atoms with E-state index in [0.29, 0.717) is 13.0 Å².